The van der Waals surface area contributed by atoms with Crippen molar-refractivity contribution in [3.63, 3.8) is 0 Å². The van der Waals surface area contributed by atoms with Gasteiger partial charge in [0.15, 0.2) is 11.6 Å². The first-order valence-electron chi connectivity index (χ1n) is 11.3. The zero-order chi connectivity index (χ0) is 23.6. The summed E-state index contributed by atoms with van der Waals surface area (Å²) in [5.41, 5.74) is 1.88. The van der Waals surface area contributed by atoms with Crippen molar-refractivity contribution in [2.45, 2.75) is 52.1 Å². The molecule has 0 spiro atoms. The fourth-order valence-corrected chi connectivity index (χ4v) is 3.60. The molecule has 33 heavy (non-hydrogen) atoms. The van der Waals surface area contributed by atoms with Crippen molar-refractivity contribution >= 4 is 0 Å². The molecule has 0 atom stereocenters. The molecule has 2 nitrogen and oxygen atoms in total. The lowest BCUT2D eigenvalue weighted by molar-refractivity contribution is -0.0521. The first kappa shape index (κ1) is 24.6. The van der Waals surface area contributed by atoms with Gasteiger partial charge in [-0.25, -0.2) is 8.78 Å². The van der Waals surface area contributed by atoms with Crippen LogP contribution >= 0.6 is 0 Å². The van der Waals surface area contributed by atoms with Crippen LogP contribution in [0, 0.1) is 11.6 Å². The summed E-state index contributed by atoms with van der Waals surface area (Å²) < 4.78 is 63.3. The van der Waals surface area contributed by atoms with Gasteiger partial charge in [-0.1, -0.05) is 69.4 Å². The highest BCUT2D eigenvalue weighted by molar-refractivity contribution is 5.71. The van der Waals surface area contributed by atoms with Gasteiger partial charge in [-0.2, -0.15) is 8.78 Å². The van der Waals surface area contributed by atoms with Crippen molar-refractivity contribution in [3.05, 3.63) is 72.3 Å². The van der Waals surface area contributed by atoms with Gasteiger partial charge in [0.25, 0.3) is 0 Å². The van der Waals surface area contributed by atoms with E-state index in [4.69, 9.17) is 4.74 Å². The van der Waals surface area contributed by atoms with Gasteiger partial charge in [0.2, 0.25) is 0 Å². The summed E-state index contributed by atoms with van der Waals surface area (Å²) in [7, 11) is 0. The quantitative estimate of drug-likeness (QED) is 0.199. The largest absolute Gasteiger partial charge is 0.494 e. The van der Waals surface area contributed by atoms with E-state index in [0.717, 1.165) is 30.7 Å². The average Bonchev–Trinajstić information content (AvgIpc) is 2.80. The number of halogens is 4. The molecule has 3 rings (SSSR count). The van der Waals surface area contributed by atoms with Gasteiger partial charge in [-0.3, -0.25) is 0 Å². The van der Waals surface area contributed by atoms with Crippen LogP contribution in [-0.2, 0) is 0 Å². The minimum absolute atomic E-state index is 0.359. The third-order valence-corrected chi connectivity index (χ3v) is 5.38. The Hall–Kier alpha value is -3.02. The predicted octanol–water partition coefficient (Wildman–Crippen LogP) is 8.64. The Labute approximate surface area is 192 Å². The van der Waals surface area contributed by atoms with E-state index in [1.165, 1.54) is 37.8 Å². The van der Waals surface area contributed by atoms with Gasteiger partial charge in [-0.05, 0) is 53.4 Å². The van der Waals surface area contributed by atoms with Crippen LogP contribution in [0.1, 0.15) is 45.4 Å². The molecular weight excluding hydrogens is 432 g/mol. The topological polar surface area (TPSA) is 18.5 Å². The first-order valence-corrected chi connectivity index (χ1v) is 11.3. The number of hydrogen-bond acceptors (Lipinski definition) is 2. The normalized spacial score (nSPS) is 11.1. The van der Waals surface area contributed by atoms with Gasteiger partial charge in [0, 0.05) is 5.56 Å². The predicted molar refractivity (Wildman–Crippen MR) is 123 cm³/mol. The smallest absolute Gasteiger partial charge is 0.387 e. The van der Waals surface area contributed by atoms with E-state index in [1.54, 1.807) is 24.3 Å². The molecule has 0 saturated carbocycles. The van der Waals surface area contributed by atoms with Gasteiger partial charge >= 0.3 is 6.61 Å². The SMILES string of the molecule is CCCCCCCCOc1ccc(-c2ccc(-c3ccc(OC(F)F)c(F)c3)cc2F)cc1. The molecule has 0 amide bonds. The molecular formula is C27H28F4O2. The molecule has 3 aromatic carbocycles. The second-order valence-corrected chi connectivity index (χ2v) is 7.86. The summed E-state index contributed by atoms with van der Waals surface area (Å²) in [5.74, 6) is -1.22. The fraction of sp³-hybridized carbons (Fsp3) is 0.333. The molecule has 0 fully saturated rings. The summed E-state index contributed by atoms with van der Waals surface area (Å²) in [5, 5.41) is 0. The van der Waals surface area contributed by atoms with E-state index in [9.17, 15) is 17.6 Å². The average molecular weight is 461 g/mol. The highest BCUT2D eigenvalue weighted by Crippen LogP contribution is 2.31. The van der Waals surface area contributed by atoms with Crippen LogP contribution in [0.5, 0.6) is 11.5 Å². The van der Waals surface area contributed by atoms with Crippen LogP contribution in [0.3, 0.4) is 0 Å². The summed E-state index contributed by atoms with van der Waals surface area (Å²) in [6, 6.07) is 15.3. The monoisotopic (exact) mass is 460 g/mol. The van der Waals surface area contributed by atoms with Crippen molar-refractivity contribution in [3.8, 4) is 33.8 Å². The zero-order valence-corrected chi connectivity index (χ0v) is 18.6. The lowest BCUT2D eigenvalue weighted by atomic mass is 9.99. The van der Waals surface area contributed by atoms with Gasteiger partial charge in [-0.15, -0.1) is 0 Å². The van der Waals surface area contributed by atoms with Crippen molar-refractivity contribution in [2.75, 3.05) is 6.61 Å². The number of benzene rings is 3. The molecule has 3 aromatic rings. The Morgan fingerprint density at radius 2 is 1.30 bits per heavy atom. The molecule has 0 heterocycles. The van der Waals surface area contributed by atoms with Gasteiger partial charge < -0.3 is 9.47 Å². The van der Waals surface area contributed by atoms with Crippen LogP contribution in [0.25, 0.3) is 22.3 Å². The van der Waals surface area contributed by atoms with E-state index < -0.39 is 24.0 Å². The number of rotatable bonds is 12. The van der Waals surface area contributed by atoms with Crippen LogP contribution in [0.4, 0.5) is 17.6 Å². The molecule has 0 aromatic heterocycles. The van der Waals surface area contributed by atoms with Crippen LogP contribution in [-0.4, -0.2) is 13.2 Å². The van der Waals surface area contributed by atoms with Crippen LogP contribution in [0.15, 0.2) is 60.7 Å². The molecule has 0 N–H and O–H groups in total. The molecule has 0 bridgehead atoms. The maximum atomic E-state index is 14.8. The Morgan fingerprint density at radius 3 is 1.94 bits per heavy atom. The van der Waals surface area contributed by atoms with E-state index in [0.29, 0.717) is 28.9 Å². The zero-order valence-electron chi connectivity index (χ0n) is 18.6. The van der Waals surface area contributed by atoms with Crippen molar-refractivity contribution in [2.24, 2.45) is 0 Å². The molecule has 0 aliphatic carbocycles. The number of ether oxygens (including phenoxy) is 2. The van der Waals surface area contributed by atoms with Crippen molar-refractivity contribution in [1.82, 2.24) is 0 Å². The highest BCUT2D eigenvalue weighted by atomic mass is 19.3. The standard InChI is InChI=1S/C27H28F4O2/c1-2-3-4-5-6-7-16-32-22-12-8-19(9-13-22)23-14-10-20(17-24(23)28)21-11-15-26(25(29)18-21)33-27(30)31/h8-15,17-18,27H,2-7,16H2,1H3. The Balaban J connectivity index is 1.61. The van der Waals surface area contributed by atoms with Gasteiger partial charge in [0.05, 0.1) is 6.61 Å². The molecule has 0 aliphatic heterocycles. The third kappa shape index (κ3) is 7.24. The Morgan fingerprint density at radius 1 is 0.697 bits per heavy atom. The molecule has 0 unspecified atom stereocenters. The van der Waals surface area contributed by atoms with Gasteiger partial charge in [0.1, 0.15) is 11.6 Å². The maximum Gasteiger partial charge on any atom is 0.387 e. The van der Waals surface area contributed by atoms with Crippen LogP contribution in [0.2, 0.25) is 0 Å². The molecule has 0 saturated heterocycles. The highest BCUT2D eigenvalue weighted by Gasteiger charge is 2.13. The Bertz CT molecular complexity index is 1020. The van der Waals surface area contributed by atoms with E-state index >= 15 is 0 Å². The number of alkyl halides is 2. The second-order valence-electron chi connectivity index (χ2n) is 7.86. The fourth-order valence-electron chi connectivity index (χ4n) is 3.60. The molecule has 0 radical (unpaired) electrons. The minimum atomic E-state index is -3.12. The lowest BCUT2D eigenvalue weighted by Crippen LogP contribution is -2.03. The first-order chi connectivity index (χ1) is 16.0. The number of unbranched alkanes of at least 4 members (excludes halogenated alkanes) is 5. The maximum absolute atomic E-state index is 14.8. The molecule has 6 heteroatoms. The van der Waals surface area contributed by atoms with E-state index in [1.807, 2.05) is 12.1 Å². The summed E-state index contributed by atoms with van der Waals surface area (Å²) >= 11 is 0. The lowest BCUT2D eigenvalue weighted by Gasteiger charge is -2.10. The summed E-state index contributed by atoms with van der Waals surface area (Å²) in [6.45, 7) is -0.260. The second kappa shape index (κ2) is 12.3. The summed E-state index contributed by atoms with van der Waals surface area (Å²) in [4.78, 5) is 0. The van der Waals surface area contributed by atoms with Crippen LogP contribution < -0.4 is 9.47 Å². The third-order valence-electron chi connectivity index (χ3n) is 5.38. The van der Waals surface area contributed by atoms with E-state index in [-0.39, 0.29) is 0 Å². The van der Waals surface area contributed by atoms with E-state index in [2.05, 4.69) is 11.7 Å². The minimum Gasteiger partial charge on any atom is -0.494 e. The van der Waals surface area contributed by atoms with Crippen molar-refractivity contribution in [1.29, 1.82) is 0 Å². The van der Waals surface area contributed by atoms with Crippen molar-refractivity contribution < 1.29 is 27.0 Å². The Kier molecular flexibility index (Phi) is 9.16. The number of hydrogen-bond donors (Lipinski definition) is 0. The molecule has 176 valence electrons. The molecule has 0 aliphatic rings. The summed E-state index contributed by atoms with van der Waals surface area (Å²) in [6.07, 6.45) is 7.17.